The Morgan fingerprint density at radius 3 is 2.58 bits per heavy atom. The maximum atomic E-state index is 12.7. The van der Waals surface area contributed by atoms with Gasteiger partial charge in [0.1, 0.15) is 0 Å². The molecule has 122 valence electrons. The molecule has 5 nitrogen and oxygen atoms in total. The van der Waals surface area contributed by atoms with Crippen LogP contribution in [0.4, 0.5) is 5.69 Å². The number of amides is 1. The van der Waals surface area contributed by atoms with E-state index in [1.807, 2.05) is 25.1 Å². The van der Waals surface area contributed by atoms with E-state index in [9.17, 15) is 20.1 Å². The summed E-state index contributed by atoms with van der Waals surface area (Å²) in [6.45, 7) is 1.92. The minimum Gasteiger partial charge on any atom is -0.504 e. The summed E-state index contributed by atoms with van der Waals surface area (Å²) < 4.78 is 0.388. The number of hydrogen-bond acceptors (Lipinski definition) is 6. The van der Waals surface area contributed by atoms with Gasteiger partial charge in [-0.25, -0.2) is 0 Å². The number of phenols is 3. The van der Waals surface area contributed by atoms with Gasteiger partial charge in [0.15, 0.2) is 15.8 Å². The number of hydrogen-bond donors (Lipinski definition) is 3. The van der Waals surface area contributed by atoms with Gasteiger partial charge in [0.25, 0.3) is 5.91 Å². The lowest BCUT2D eigenvalue weighted by Crippen LogP contribution is -2.27. The van der Waals surface area contributed by atoms with Gasteiger partial charge in [0.2, 0.25) is 5.75 Å². The highest BCUT2D eigenvalue weighted by Gasteiger charge is 2.33. The molecule has 0 atom stereocenters. The molecule has 1 fully saturated rings. The van der Waals surface area contributed by atoms with E-state index in [-0.39, 0.29) is 11.5 Å². The molecule has 2 aromatic rings. The Labute approximate surface area is 147 Å². The average Bonchev–Trinajstić information content (AvgIpc) is 2.82. The summed E-state index contributed by atoms with van der Waals surface area (Å²) in [7, 11) is 0. The van der Waals surface area contributed by atoms with Gasteiger partial charge in [0.05, 0.1) is 10.6 Å². The summed E-state index contributed by atoms with van der Waals surface area (Å²) in [5.74, 6) is -1.85. The molecule has 1 aliphatic heterocycles. The fourth-order valence-corrected chi connectivity index (χ4v) is 3.59. The first kappa shape index (κ1) is 16.4. The van der Waals surface area contributed by atoms with Crippen molar-refractivity contribution in [3.63, 3.8) is 0 Å². The van der Waals surface area contributed by atoms with Crippen molar-refractivity contribution in [3.8, 4) is 17.2 Å². The average molecular weight is 359 g/mol. The summed E-state index contributed by atoms with van der Waals surface area (Å²) in [5, 5.41) is 28.8. The van der Waals surface area contributed by atoms with Gasteiger partial charge in [-0.05, 0) is 42.8 Å². The molecule has 0 aliphatic carbocycles. The molecule has 24 heavy (non-hydrogen) atoms. The smallest absolute Gasteiger partial charge is 0.270 e. The third kappa shape index (κ3) is 2.83. The summed E-state index contributed by atoms with van der Waals surface area (Å²) in [6.07, 6.45) is 1.43. The predicted octanol–water partition coefficient (Wildman–Crippen LogP) is 3.52. The largest absolute Gasteiger partial charge is 0.504 e. The van der Waals surface area contributed by atoms with Crippen LogP contribution in [0.3, 0.4) is 0 Å². The third-order valence-electron chi connectivity index (χ3n) is 3.50. The van der Waals surface area contributed by atoms with Crippen LogP contribution in [-0.2, 0) is 4.79 Å². The number of aryl methyl sites for hydroxylation is 1. The van der Waals surface area contributed by atoms with Crippen LogP contribution in [-0.4, -0.2) is 25.5 Å². The molecule has 0 unspecified atom stereocenters. The van der Waals surface area contributed by atoms with Crippen molar-refractivity contribution >= 4 is 46.0 Å². The van der Waals surface area contributed by atoms with Gasteiger partial charge in [-0.3, -0.25) is 9.69 Å². The van der Waals surface area contributed by atoms with Crippen molar-refractivity contribution < 1.29 is 20.1 Å². The van der Waals surface area contributed by atoms with Gasteiger partial charge in [-0.2, -0.15) is 0 Å². The number of carbonyl (C=O) groups is 1. The molecule has 2 aromatic carbocycles. The highest BCUT2D eigenvalue weighted by atomic mass is 32.2. The van der Waals surface area contributed by atoms with Crippen molar-refractivity contribution in [2.45, 2.75) is 6.92 Å². The number of rotatable bonds is 2. The monoisotopic (exact) mass is 359 g/mol. The van der Waals surface area contributed by atoms with Gasteiger partial charge in [-0.1, -0.05) is 36.1 Å². The molecule has 7 heteroatoms. The number of aromatic hydroxyl groups is 3. The lowest BCUT2D eigenvalue weighted by Gasteiger charge is -2.14. The Morgan fingerprint density at radius 2 is 1.88 bits per heavy atom. The molecule has 1 saturated heterocycles. The van der Waals surface area contributed by atoms with Crippen molar-refractivity contribution in [3.05, 3.63) is 52.4 Å². The lowest BCUT2D eigenvalue weighted by molar-refractivity contribution is -0.113. The first-order valence-corrected chi connectivity index (χ1v) is 8.19. The van der Waals surface area contributed by atoms with Gasteiger partial charge in [-0.15, -0.1) is 0 Å². The molecular formula is C17H13NO4S2. The number of thioether (sulfide) groups is 1. The van der Waals surface area contributed by atoms with Crippen molar-refractivity contribution in [2.24, 2.45) is 0 Å². The van der Waals surface area contributed by atoms with Crippen LogP contribution < -0.4 is 4.90 Å². The van der Waals surface area contributed by atoms with E-state index in [2.05, 4.69) is 0 Å². The molecular weight excluding hydrogens is 346 g/mol. The van der Waals surface area contributed by atoms with Crippen LogP contribution in [0.2, 0.25) is 0 Å². The van der Waals surface area contributed by atoms with Gasteiger partial charge >= 0.3 is 0 Å². The molecule has 0 radical (unpaired) electrons. The predicted molar refractivity (Wildman–Crippen MR) is 98.3 cm³/mol. The SMILES string of the molecule is Cc1cccc(N2C(=O)/C(=C/c3ccc(O)c(O)c3O)SC2=S)c1. The van der Waals surface area contributed by atoms with E-state index < -0.39 is 17.2 Å². The van der Waals surface area contributed by atoms with Crippen LogP contribution >= 0.6 is 24.0 Å². The third-order valence-corrected chi connectivity index (χ3v) is 4.80. The number of phenolic OH excluding ortho intramolecular Hbond substituents is 3. The molecule has 3 rings (SSSR count). The van der Waals surface area contributed by atoms with E-state index in [4.69, 9.17) is 12.2 Å². The van der Waals surface area contributed by atoms with Crippen LogP contribution in [0.15, 0.2) is 41.3 Å². The van der Waals surface area contributed by atoms with Crippen LogP contribution in [0.25, 0.3) is 6.08 Å². The lowest BCUT2D eigenvalue weighted by atomic mass is 10.1. The fourth-order valence-electron chi connectivity index (χ4n) is 2.30. The van der Waals surface area contributed by atoms with E-state index in [0.29, 0.717) is 14.9 Å². The second-order valence-corrected chi connectivity index (χ2v) is 6.90. The van der Waals surface area contributed by atoms with E-state index in [1.165, 1.54) is 23.1 Å². The summed E-state index contributed by atoms with van der Waals surface area (Å²) in [5.41, 5.74) is 1.90. The molecule has 3 N–H and O–H groups in total. The summed E-state index contributed by atoms with van der Waals surface area (Å²) in [6, 6.07) is 10.1. The number of benzene rings is 2. The minimum atomic E-state index is -0.627. The topological polar surface area (TPSA) is 81.0 Å². The van der Waals surface area contributed by atoms with Crippen LogP contribution in [0.5, 0.6) is 17.2 Å². The fraction of sp³-hybridized carbons (Fsp3) is 0.0588. The number of thiocarbonyl (C=S) groups is 1. The van der Waals surface area contributed by atoms with Crippen molar-refractivity contribution in [1.29, 1.82) is 0 Å². The van der Waals surface area contributed by atoms with E-state index in [0.717, 1.165) is 17.3 Å². The molecule has 1 heterocycles. The Hall–Kier alpha value is -2.51. The molecule has 1 aliphatic rings. The van der Waals surface area contributed by atoms with E-state index in [1.54, 1.807) is 6.07 Å². The molecule has 1 amide bonds. The van der Waals surface area contributed by atoms with Crippen LogP contribution in [0, 0.1) is 6.92 Å². The Kier molecular flexibility index (Phi) is 4.21. The quantitative estimate of drug-likeness (QED) is 0.432. The molecule has 0 aromatic heterocycles. The second kappa shape index (κ2) is 6.18. The summed E-state index contributed by atoms with van der Waals surface area (Å²) >= 11 is 6.40. The highest BCUT2D eigenvalue weighted by molar-refractivity contribution is 8.27. The summed E-state index contributed by atoms with van der Waals surface area (Å²) in [4.78, 5) is 14.4. The Balaban J connectivity index is 1.99. The van der Waals surface area contributed by atoms with Gasteiger partial charge < -0.3 is 15.3 Å². The van der Waals surface area contributed by atoms with Crippen LogP contribution in [0.1, 0.15) is 11.1 Å². The van der Waals surface area contributed by atoms with Crippen molar-refractivity contribution in [1.82, 2.24) is 0 Å². The minimum absolute atomic E-state index is 0.218. The van der Waals surface area contributed by atoms with E-state index >= 15 is 0 Å². The maximum Gasteiger partial charge on any atom is 0.270 e. The zero-order chi connectivity index (χ0) is 17.4. The Bertz CT molecular complexity index is 892. The normalized spacial score (nSPS) is 16.2. The van der Waals surface area contributed by atoms with Gasteiger partial charge in [0, 0.05) is 5.56 Å². The first-order valence-electron chi connectivity index (χ1n) is 6.97. The molecule has 0 spiro atoms. The second-order valence-electron chi connectivity index (χ2n) is 5.23. The molecule has 0 saturated carbocycles. The highest BCUT2D eigenvalue weighted by Crippen LogP contribution is 2.41. The number of nitrogens with zero attached hydrogens (tertiary/aromatic N) is 1. The number of carbonyl (C=O) groups excluding carboxylic acids is 1. The zero-order valence-electron chi connectivity index (χ0n) is 12.6. The number of anilines is 1. The Morgan fingerprint density at radius 1 is 1.12 bits per heavy atom. The van der Waals surface area contributed by atoms with Crippen molar-refractivity contribution in [2.75, 3.05) is 4.90 Å². The maximum absolute atomic E-state index is 12.7. The first-order chi connectivity index (χ1) is 11.4. The standard InChI is InChI=1S/C17H13NO4S2/c1-9-3-2-4-11(7-9)18-16(22)13(24-17(18)23)8-10-5-6-12(19)15(21)14(10)20/h2-8,19-21H,1H3/b13-8-. The zero-order valence-corrected chi connectivity index (χ0v) is 14.2. The molecule has 0 bridgehead atoms.